The van der Waals surface area contributed by atoms with Gasteiger partial charge in [-0.1, -0.05) is 23.1 Å². The second kappa shape index (κ2) is 16.8. The molecule has 1 heterocycles. The van der Waals surface area contributed by atoms with Crippen molar-refractivity contribution >= 4 is 23.8 Å². The molecule has 29 heavy (non-hydrogen) atoms. The Kier molecular flexibility index (Phi) is 14.9. The Bertz CT molecular complexity index is 636. The molecular weight excluding hydrogens is 386 g/mol. The second-order valence-corrected chi connectivity index (χ2v) is 5.97. The first kappa shape index (κ1) is 25.7. The summed E-state index contributed by atoms with van der Waals surface area (Å²) in [5.41, 5.74) is 15.9. The molecular formula is C16H25N7O6. The number of carboxylic acid groups (broad SMARTS) is 1. The maximum absolute atomic E-state index is 11.3. The van der Waals surface area contributed by atoms with Crippen LogP contribution in [0.4, 0.5) is 0 Å². The largest absolute Gasteiger partial charge is 0.481 e. The van der Waals surface area contributed by atoms with E-state index < -0.39 is 23.8 Å². The first-order valence-electron chi connectivity index (χ1n) is 9.22. The molecule has 0 aliphatic carbocycles. The zero-order chi connectivity index (χ0) is 21.9. The first-order chi connectivity index (χ1) is 13.9. The fourth-order valence-electron chi connectivity index (χ4n) is 2.16. The van der Waals surface area contributed by atoms with E-state index >= 15 is 0 Å². The van der Waals surface area contributed by atoms with Gasteiger partial charge >= 0.3 is 11.9 Å². The average Bonchev–Trinajstić information content (AvgIpc) is 2.99. The van der Waals surface area contributed by atoms with Crippen LogP contribution >= 0.6 is 0 Å². The van der Waals surface area contributed by atoms with Crippen LogP contribution in [-0.2, 0) is 24.0 Å². The minimum atomic E-state index is -0.770. The summed E-state index contributed by atoms with van der Waals surface area (Å²) in [5, 5.41) is 15.5. The van der Waals surface area contributed by atoms with E-state index in [2.05, 4.69) is 24.9 Å². The number of nitrogens with zero attached hydrogens (tertiary/aromatic N) is 7. The molecule has 0 aromatic carbocycles. The Labute approximate surface area is 167 Å². The van der Waals surface area contributed by atoms with E-state index in [0.29, 0.717) is 37.4 Å². The van der Waals surface area contributed by atoms with E-state index in [1.165, 1.54) is 0 Å². The third-order valence-corrected chi connectivity index (χ3v) is 3.61. The zero-order valence-corrected chi connectivity index (χ0v) is 16.1. The van der Waals surface area contributed by atoms with Crippen LogP contribution in [0.1, 0.15) is 64.2 Å². The molecule has 0 bridgehead atoms. The molecule has 1 aliphatic heterocycles. The number of amides is 2. The highest BCUT2D eigenvalue weighted by Gasteiger charge is 2.32. The molecule has 0 saturated carbocycles. The van der Waals surface area contributed by atoms with Crippen LogP contribution in [0.25, 0.3) is 20.9 Å². The summed E-state index contributed by atoms with van der Waals surface area (Å²) in [6.07, 6.45) is 4.75. The van der Waals surface area contributed by atoms with E-state index in [-0.39, 0.29) is 25.7 Å². The molecule has 0 spiro atoms. The number of rotatable bonds is 13. The minimum Gasteiger partial charge on any atom is -0.481 e. The van der Waals surface area contributed by atoms with E-state index in [9.17, 15) is 19.2 Å². The molecule has 1 fully saturated rings. The number of hydrogen-bond donors (Lipinski definition) is 1. The van der Waals surface area contributed by atoms with E-state index in [1.54, 1.807) is 0 Å². The average molecular weight is 411 g/mol. The van der Waals surface area contributed by atoms with Crippen molar-refractivity contribution in [2.45, 2.75) is 64.2 Å². The van der Waals surface area contributed by atoms with Gasteiger partial charge in [0.15, 0.2) is 0 Å². The van der Waals surface area contributed by atoms with Gasteiger partial charge in [0, 0.05) is 48.6 Å². The number of unbranched alkanes of at least 4 members (excludes halogenated alkanes) is 4. The molecule has 1 rings (SSSR count). The Morgan fingerprint density at radius 2 is 1.38 bits per heavy atom. The molecule has 13 nitrogen and oxygen atoms in total. The quantitative estimate of drug-likeness (QED) is 0.158. The van der Waals surface area contributed by atoms with Crippen LogP contribution in [-0.4, -0.2) is 47.0 Å². The van der Waals surface area contributed by atoms with Crippen LogP contribution in [0, 0.1) is 0 Å². The van der Waals surface area contributed by atoms with Gasteiger partial charge < -0.3 is 9.94 Å². The van der Waals surface area contributed by atoms with Gasteiger partial charge in [0.05, 0.1) is 0 Å². The van der Waals surface area contributed by atoms with E-state index in [0.717, 1.165) is 19.3 Å². The normalized spacial score (nSPS) is 12.3. The molecule has 1 aliphatic rings. The summed E-state index contributed by atoms with van der Waals surface area (Å²) >= 11 is 0. The van der Waals surface area contributed by atoms with Gasteiger partial charge in [-0.2, -0.15) is 0 Å². The number of carbonyl (C=O) groups is 4. The van der Waals surface area contributed by atoms with Crippen LogP contribution in [0.2, 0.25) is 0 Å². The maximum Gasteiger partial charge on any atom is 0.333 e. The lowest BCUT2D eigenvalue weighted by Gasteiger charge is -2.12. The molecule has 0 aromatic heterocycles. The van der Waals surface area contributed by atoms with E-state index in [1.807, 2.05) is 0 Å². The number of carboxylic acids is 1. The van der Waals surface area contributed by atoms with Crippen LogP contribution in [0.5, 0.6) is 0 Å². The smallest absolute Gasteiger partial charge is 0.333 e. The summed E-state index contributed by atoms with van der Waals surface area (Å²) in [6.45, 7) is 0.866. The lowest BCUT2D eigenvalue weighted by Crippen LogP contribution is -2.31. The van der Waals surface area contributed by atoms with Gasteiger partial charge in [-0.15, -0.1) is 5.06 Å². The fraction of sp³-hybridized carbons (Fsp3) is 0.750. The van der Waals surface area contributed by atoms with Crippen molar-refractivity contribution in [2.24, 2.45) is 10.2 Å². The fourth-order valence-corrected chi connectivity index (χ4v) is 2.16. The Morgan fingerprint density at radius 3 is 1.83 bits per heavy atom. The highest BCUT2D eigenvalue weighted by Crippen LogP contribution is 2.13. The van der Waals surface area contributed by atoms with Gasteiger partial charge in [-0.25, -0.2) is 4.79 Å². The first-order valence-corrected chi connectivity index (χ1v) is 9.22. The molecule has 0 atom stereocenters. The highest BCUT2D eigenvalue weighted by molar-refractivity contribution is 6.01. The molecule has 13 heteroatoms. The predicted molar refractivity (Wildman–Crippen MR) is 99.8 cm³/mol. The molecule has 160 valence electrons. The van der Waals surface area contributed by atoms with Crippen molar-refractivity contribution in [1.29, 1.82) is 0 Å². The number of aliphatic carboxylic acids is 1. The lowest BCUT2D eigenvalue weighted by atomic mass is 10.2. The van der Waals surface area contributed by atoms with Crippen LogP contribution in [0.15, 0.2) is 10.2 Å². The molecule has 0 aromatic rings. The number of carbonyl (C=O) groups excluding carboxylic acids is 3. The van der Waals surface area contributed by atoms with Crippen molar-refractivity contribution in [2.75, 3.05) is 13.1 Å². The highest BCUT2D eigenvalue weighted by atomic mass is 16.7. The summed E-state index contributed by atoms with van der Waals surface area (Å²) in [6, 6.07) is 0. The van der Waals surface area contributed by atoms with Crippen molar-refractivity contribution in [3.63, 3.8) is 0 Å². The number of hydroxylamine groups is 2. The number of hydrogen-bond acceptors (Lipinski definition) is 7. The Morgan fingerprint density at radius 1 is 0.897 bits per heavy atom. The molecule has 0 unspecified atom stereocenters. The monoisotopic (exact) mass is 411 g/mol. The summed E-state index contributed by atoms with van der Waals surface area (Å²) in [4.78, 5) is 53.5. The van der Waals surface area contributed by atoms with Gasteiger partial charge in [0.1, 0.15) is 0 Å². The second-order valence-electron chi connectivity index (χ2n) is 5.97. The van der Waals surface area contributed by atoms with Crippen LogP contribution < -0.4 is 0 Å². The van der Waals surface area contributed by atoms with Gasteiger partial charge in [0.2, 0.25) is 0 Å². The van der Waals surface area contributed by atoms with Crippen molar-refractivity contribution in [3.8, 4) is 0 Å². The third-order valence-electron chi connectivity index (χ3n) is 3.61. The summed E-state index contributed by atoms with van der Waals surface area (Å²) in [7, 11) is 0. The van der Waals surface area contributed by atoms with Crippen LogP contribution in [0.3, 0.4) is 0 Å². The topological polar surface area (TPSA) is 198 Å². The predicted octanol–water partition coefficient (Wildman–Crippen LogP) is 3.41. The van der Waals surface area contributed by atoms with Crippen molar-refractivity contribution < 1.29 is 29.1 Å². The van der Waals surface area contributed by atoms with Crippen molar-refractivity contribution in [3.05, 3.63) is 20.9 Å². The number of imide groups is 1. The Hall–Kier alpha value is -3.30. The molecule has 0 radical (unpaired) electrons. The zero-order valence-electron chi connectivity index (χ0n) is 16.1. The summed E-state index contributed by atoms with van der Waals surface area (Å²) < 4.78 is 0. The maximum atomic E-state index is 11.3. The van der Waals surface area contributed by atoms with Gasteiger partial charge in [-0.3, -0.25) is 14.4 Å². The lowest BCUT2D eigenvalue weighted by molar-refractivity contribution is -0.197. The molecule has 1 N–H and O–H groups in total. The van der Waals surface area contributed by atoms with Gasteiger partial charge in [-0.05, 0) is 36.7 Å². The molecule has 2 amide bonds. The molecule has 1 saturated heterocycles. The van der Waals surface area contributed by atoms with Crippen molar-refractivity contribution in [1.82, 2.24) is 5.06 Å². The minimum absolute atomic E-state index is 0.0955. The summed E-state index contributed by atoms with van der Waals surface area (Å²) in [5.74, 6) is -2.32. The standard InChI is InChI=1S/C10H14N4O4.C6H11N3O2/c11-13-12-7-3-1-2-4-10(17)18-14-8(15)5-6-9(14)16;7-9-8-5-3-1-2-4-6(10)11/h1-7H2;1-5H2,(H,10,11). The van der Waals surface area contributed by atoms with Gasteiger partial charge in [0.25, 0.3) is 11.8 Å². The Balaban J connectivity index is 0.000000614. The third kappa shape index (κ3) is 14.4. The SMILES string of the molecule is [N-]=[N+]=NCCCCCC(=O)O.[N-]=[N+]=NCCCCCC(=O)ON1C(=O)CCC1=O. The van der Waals surface area contributed by atoms with E-state index in [4.69, 9.17) is 16.2 Å². The number of azide groups is 2.